The number of nitro groups is 1. The molecule has 0 radical (unpaired) electrons. The van der Waals surface area contributed by atoms with Gasteiger partial charge < -0.3 is 9.32 Å². The van der Waals surface area contributed by atoms with Gasteiger partial charge in [-0.2, -0.15) is 0 Å². The first-order chi connectivity index (χ1) is 17.6. The first-order valence-corrected chi connectivity index (χ1v) is 12.5. The second-order valence-electron chi connectivity index (χ2n) is 9.55. The molecule has 36 heavy (non-hydrogen) atoms. The lowest BCUT2D eigenvalue weighted by Gasteiger charge is -2.38. The molecule has 188 valence electrons. The number of benzene rings is 1. The van der Waals surface area contributed by atoms with Crippen molar-refractivity contribution in [1.29, 1.82) is 0 Å². The predicted octanol–water partition coefficient (Wildman–Crippen LogP) is 3.81. The molecule has 0 aliphatic carbocycles. The summed E-state index contributed by atoms with van der Waals surface area (Å²) in [5.41, 5.74) is 1.78. The van der Waals surface area contributed by atoms with E-state index in [0.29, 0.717) is 31.0 Å². The van der Waals surface area contributed by atoms with Crippen LogP contribution in [0.4, 0.5) is 5.69 Å². The van der Waals surface area contributed by atoms with E-state index in [1.807, 2.05) is 35.5 Å². The van der Waals surface area contributed by atoms with E-state index < -0.39 is 4.92 Å². The van der Waals surface area contributed by atoms with Crippen LogP contribution in [-0.4, -0.2) is 69.8 Å². The Labute approximate surface area is 210 Å². The number of piperidine rings is 1. The lowest BCUT2D eigenvalue weighted by molar-refractivity contribution is -0.384. The zero-order chi connectivity index (χ0) is 24.9. The number of carbonyl (C=O) groups is 1. The van der Waals surface area contributed by atoms with E-state index in [4.69, 9.17) is 4.42 Å². The van der Waals surface area contributed by atoms with E-state index in [0.717, 1.165) is 51.3 Å². The van der Waals surface area contributed by atoms with Gasteiger partial charge in [-0.15, -0.1) is 0 Å². The molecule has 9 nitrogen and oxygen atoms in total. The Bertz CT molecular complexity index is 1180. The van der Waals surface area contributed by atoms with Crippen LogP contribution < -0.4 is 0 Å². The maximum atomic E-state index is 13.1. The molecule has 0 atom stereocenters. The van der Waals surface area contributed by atoms with Gasteiger partial charge in [-0.3, -0.25) is 29.7 Å². The summed E-state index contributed by atoms with van der Waals surface area (Å²) in [4.78, 5) is 34.8. The first-order valence-electron chi connectivity index (χ1n) is 12.5. The van der Waals surface area contributed by atoms with Crippen molar-refractivity contribution in [1.82, 2.24) is 19.7 Å². The quantitative estimate of drug-likeness (QED) is 0.368. The molecule has 2 saturated heterocycles. The molecular weight excluding hydrogens is 458 g/mol. The monoisotopic (exact) mass is 489 g/mol. The first kappa shape index (κ1) is 24.1. The fraction of sp³-hybridized carbons (Fsp3) is 0.407. The van der Waals surface area contributed by atoms with Gasteiger partial charge in [0.2, 0.25) is 5.91 Å². The third-order valence-corrected chi connectivity index (χ3v) is 7.18. The van der Waals surface area contributed by atoms with Crippen LogP contribution in [0.1, 0.15) is 24.2 Å². The minimum atomic E-state index is -0.390. The number of hydrogen-bond acceptors (Lipinski definition) is 7. The summed E-state index contributed by atoms with van der Waals surface area (Å²) in [6.07, 6.45) is 5.46. The van der Waals surface area contributed by atoms with Gasteiger partial charge >= 0.3 is 0 Å². The minimum Gasteiger partial charge on any atom is -0.459 e. The lowest BCUT2D eigenvalue weighted by atomic mass is 9.94. The number of nitro benzene ring substituents is 1. The van der Waals surface area contributed by atoms with Crippen LogP contribution in [0.25, 0.3) is 11.3 Å². The Morgan fingerprint density at radius 2 is 1.61 bits per heavy atom. The van der Waals surface area contributed by atoms with Crippen LogP contribution in [0.2, 0.25) is 0 Å². The highest BCUT2D eigenvalue weighted by atomic mass is 16.6. The molecule has 0 spiro atoms. The molecule has 2 aliphatic rings. The lowest BCUT2D eigenvalue weighted by Crippen LogP contribution is -2.51. The van der Waals surface area contributed by atoms with Gasteiger partial charge in [-0.1, -0.05) is 12.1 Å². The van der Waals surface area contributed by atoms with Gasteiger partial charge in [-0.25, -0.2) is 0 Å². The number of aromatic nitrogens is 1. The van der Waals surface area contributed by atoms with Crippen LogP contribution >= 0.6 is 0 Å². The van der Waals surface area contributed by atoms with Crippen molar-refractivity contribution in [2.45, 2.75) is 25.9 Å². The number of piperazine rings is 1. The van der Waals surface area contributed by atoms with Crippen LogP contribution in [0.15, 0.2) is 65.3 Å². The topological polar surface area (TPSA) is 96.0 Å². The highest BCUT2D eigenvalue weighted by molar-refractivity contribution is 5.79. The van der Waals surface area contributed by atoms with E-state index in [-0.39, 0.29) is 17.5 Å². The number of amides is 1. The maximum absolute atomic E-state index is 13.1. The summed E-state index contributed by atoms with van der Waals surface area (Å²) in [6, 6.07) is 14.4. The van der Waals surface area contributed by atoms with E-state index >= 15 is 0 Å². The Kier molecular flexibility index (Phi) is 7.39. The van der Waals surface area contributed by atoms with Crippen LogP contribution in [0, 0.1) is 16.0 Å². The molecule has 1 aromatic carbocycles. The molecule has 0 N–H and O–H groups in total. The van der Waals surface area contributed by atoms with Crippen molar-refractivity contribution in [3.63, 3.8) is 0 Å². The number of rotatable bonds is 7. The third-order valence-electron chi connectivity index (χ3n) is 7.18. The van der Waals surface area contributed by atoms with Crippen molar-refractivity contribution in [3.05, 3.63) is 82.4 Å². The zero-order valence-corrected chi connectivity index (χ0v) is 20.3. The molecule has 2 aliphatic heterocycles. The molecule has 9 heteroatoms. The van der Waals surface area contributed by atoms with E-state index in [9.17, 15) is 14.9 Å². The number of likely N-dealkylation sites (tertiary alicyclic amines) is 1. The highest BCUT2D eigenvalue weighted by Gasteiger charge is 2.30. The van der Waals surface area contributed by atoms with E-state index in [2.05, 4.69) is 14.8 Å². The number of carbonyl (C=O) groups excluding carboxylic acids is 1. The zero-order valence-electron chi connectivity index (χ0n) is 20.3. The Balaban J connectivity index is 1.09. The van der Waals surface area contributed by atoms with Gasteiger partial charge in [-0.05, 0) is 61.8 Å². The summed E-state index contributed by atoms with van der Waals surface area (Å²) in [5.74, 6) is 1.67. The highest BCUT2D eigenvalue weighted by Crippen LogP contribution is 2.31. The molecule has 0 saturated carbocycles. The molecule has 2 aromatic heterocycles. The summed E-state index contributed by atoms with van der Waals surface area (Å²) in [6.45, 7) is 6.42. The normalized spacial score (nSPS) is 17.8. The Morgan fingerprint density at radius 1 is 0.917 bits per heavy atom. The number of hydrogen-bond donors (Lipinski definition) is 0. The average Bonchev–Trinajstić information content (AvgIpc) is 3.38. The Hall–Kier alpha value is -3.56. The number of para-hydroxylation sites is 1. The summed E-state index contributed by atoms with van der Waals surface area (Å²) in [7, 11) is 0. The molecule has 4 heterocycles. The SMILES string of the molecule is O=C(C1CCN(Cc2ccncc2)CC1)N1CCN(Cc2ccc(-c3ccccc3[N+](=O)[O-])o2)CC1. The summed E-state index contributed by atoms with van der Waals surface area (Å²) in [5, 5.41) is 11.3. The molecule has 5 rings (SSSR count). The molecule has 2 fully saturated rings. The van der Waals surface area contributed by atoms with E-state index in [1.165, 1.54) is 11.6 Å². The largest absolute Gasteiger partial charge is 0.459 e. The summed E-state index contributed by atoms with van der Waals surface area (Å²) < 4.78 is 5.95. The smallest absolute Gasteiger partial charge is 0.280 e. The van der Waals surface area contributed by atoms with Crippen molar-refractivity contribution in [3.8, 4) is 11.3 Å². The fourth-order valence-electron chi connectivity index (χ4n) is 5.14. The molecular formula is C27H31N5O4. The van der Waals surface area contributed by atoms with Crippen LogP contribution in [-0.2, 0) is 17.9 Å². The van der Waals surface area contributed by atoms with E-state index in [1.54, 1.807) is 24.3 Å². The second kappa shape index (κ2) is 11.0. The van der Waals surface area contributed by atoms with Crippen LogP contribution in [0.5, 0.6) is 0 Å². The molecule has 1 amide bonds. The number of furan rings is 1. The van der Waals surface area contributed by atoms with Crippen molar-refractivity contribution in [2.24, 2.45) is 5.92 Å². The summed E-state index contributed by atoms with van der Waals surface area (Å²) >= 11 is 0. The Morgan fingerprint density at radius 3 is 2.33 bits per heavy atom. The minimum absolute atomic E-state index is 0.0359. The van der Waals surface area contributed by atoms with Gasteiger partial charge in [0.1, 0.15) is 11.5 Å². The standard InChI is InChI=1S/C27H31N5O4/c33-27(22-9-13-29(14-10-22)19-21-7-11-28-12-8-21)31-17-15-30(16-18-31)20-23-5-6-26(36-23)24-3-1-2-4-25(24)32(34)35/h1-8,11-12,22H,9-10,13-20H2. The number of pyridine rings is 1. The van der Waals surface area contributed by atoms with Crippen LogP contribution in [0.3, 0.4) is 0 Å². The molecule has 0 unspecified atom stereocenters. The van der Waals surface area contributed by atoms with Gasteiger partial charge in [0.15, 0.2) is 0 Å². The maximum Gasteiger partial charge on any atom is 0.280 e. The third kappa shape index (κ3) is 5.63. The molecule has 3 aromatic rings. The fourth-order valence-corrected chi connectivity index (χ4v) is 5.14. The van der Waals surface area contributed by atoms with Crippen molar-refractivity contribution >= 4 is 11.6 Å². The molecule has 0 bridgehead atoms. The van der Waals surface area contributed by atoms with Crippen molar-refractivity contribution in [2.75, 3.05) is 39.3 Å². The van der Waals surface area contributed by atoms with Gasteiger partial charge in [0.05, 0.1) is 17.0 Å². The van der Waals surface area contributed by atoms with Gasteiger partial charge in [0.25, 0.3) is 5.69 Å². The van der Waals surface area contributed by atoms with Gasteiger partial charge in [0, 0.05) is 57.1 Å². The van der Waals surface area contributed by atoms with Crippen molar-refractivity contribution < 1.29 is 14.1 Å². The average molecular weight is 490 g/mol. The number of nitrogens with zero attached hydrogens (tertiary/aromatic N) is 5. The predicted molar refractivity (Wildman–Crippen MR) is 135 cm³/mol. The second-order valence-corrected chi connectivity index (χ2v) is 9.55.